The molecule has 1 N–H and O–H groups in total. The molecular weight excluding hydrogens is 300 g/mol. The van der Waals surface area contributed by atoms with Crippen LogP contribution >= 0.6 is 11.6 Å². The fourth-order valence-corrected chi connectivity index (χ4v) is 3.29. The van der Waals surface area contributed by atoms with Gasteiger partial charge in [-0.05, 0) is 43.9 Å². The van der Waals surface area contributed by atoms with Crippen LogP contribution in [0.2, 0.25) is 5.02 Å². The summed E-state index contributed by atoms with van der Waals surface area (Å²) in [5.41, 5.74) is 1.10. The quantitative estimate of drug-likeness (QED) is 0.905. The second-order valence-corrected chi connectivity index (χ2v) is 6.86. The van der Waals surface area contributed by atoms with Crippen molar-refractivity contribution in [3.05, 3.63) is 34.9 Å². The first-order valence-corrected chi connectivity index (χ1v) is 8.25. The molecule has 1 aromatic rings. The molecule has 1 aliphatic heterocycles. The predicted octanol–water partition coefficient (Wildman–Crippen LogP) is 2.40. The van der Waals surface area contributed by atoms with E-state index in [-0.39, 0.29) is 23.8 Å². The first-order chi connectivity index (χ1) is 10.5. The normalized spacial score (nSPS) is 22.7. The van der Waals surface area contributed by atoms with Crippen molar-refractivity contribution >= 4 is 23.4 Å². The minimum atomic E-state index is -0.199. The zero-order chi connectivity index (χ0) is 15.7. The van der Waals surface area contributed by atoms with Gasteiger partial charge in [0, 0.05) is 30.1 Å². The molecule has 2 amide bonds. The molecule has 1 aromatic carbocycles. The van der Waals surface area contributed by atoms with E-state index in [0.29, 0.717) is 24.0 Å². The molecule has 1 saturated heterocycles. The predicted molar refractivity (Wildman–Crippen MR) is 85.6 cm³/mol. The van der Waals surface area contributed by atoms with E-state index in [0.717, 1.165) is 24.8 Å². The van der Waals surface area contributed by atoms with Crippen LogP contribution in [-0.4, -0.2) is 35.3 Å². The fourth-order valence-electron chi connectivity index (χ4n) is 3.08. The molecule has 5 heteroatoms. The fraction of sp³-hybridized carbons (Fsp3) is 0.529. The first kappa shape index (κ1) is 15.3. The number of hydrogen-bond donors (Lipinski definition) is 1. The number of carbonyl (C=O) groups excluding carboxylic acids is 2. The molecule has 0 bridgehead atoms. The molecule has 1 aliphatic carbocycles. The molecular formula is C17H21ClN2O2. The van der Waals surface area contributed by atoms with Gasteiger partial charge >= 0.3 is 0 Å². The van der Waals surface area contributed by atoms with Gasteiger partial charge in [0.1, 0.15) is 0 Å². The minimum Gasteiger partial charge on any atom is -0.353 e. The van der Waals surface area contributed by atoms with Gasteiger partial charge in [0.05, 0.1) is 5.92 Å². The van der Waals surface area contributed by atoms with E-state index >= 15 is 0 Å². The summed E-state index contributed by atoms with van der Waals surface area (Å²) in [4.78, 5) is 26.1. The van der Waals surface area contributed by atoms with Gasteiger partial charge in [0.15, 0.2) is 0 Å². The third-order valence-electron chi connectivity index (χ3n) is 4.34. The highest BCUT2D eigenvalue weighted by atomic mass is 35.5. The number of carbonyl (C=O) groups is 2. The summed E-state index contributed by atoms with van der Waals surface area (Å²) in [5.74, 6) is -0.0777. The Bertz CT molecular complexity index is 586. The van der Waals surface area contributed by atoms with Crippen molar-refractivity contribution in [2.45, 2.75) is 44.7 Å². The molecule has 0 radical (unpaired) electrons. The summed E-state index contributed by atoms with van der Waals surface area (Å²) in [6, 6.07) is 8.09. The number of benzene rings is 1. The molecule has 0 aromatic heterocycles. The Morgan fingerprint density at radius 3 is 2.91 bits per heavy atom. The molecule has 2 aliphatic rings. The van der Waals surface area contributed by atoms with E-state index in [2.05, 4.69) is 5.32 Å². The summed E-state index contributed by atoms with van der Waals surface area (Å²) in [6.07, 6.45) is 3.27. The number of likely N-dealkylation sites (tertiary alicyclic amines) is 1. The molecule has 1 saturated carbocycles. The van der Waals surface area contributed by atoms with Crippen molar-refractivity contribution in [1.82, 2.24) is 10.2 Å². The summed E-state index contributed by atoms with van der Waals surface area (Å²) >= 11 is 5.97. The third kappa shape index (κ3) is 3.61. The van der Waals surface area contributed by atoms with E-state index in [4.69, 9.17) is 11.6 Å². The van der Waals surface area contributed by atoms with Gasteiger partial charge in [-0.15, -0.1) is 0 Å². The van der Waals surface area contributed by atoms with Gasteiger partial charge in [-0.3, -0.25) is 9.59 Å². The molecule has 2 atom stereocenters. The molecule has 1 heterocycles. The highest BCUT2D eigenvalue weighted by Gasteiger charge is 2.41. The molecule has 0 spiro atoms. The maximum Gasteiger partial charge on any atom is 0.225 e. The highest BCUT2D eigenvalue weighted by molar-refractivity contribution is 6.30. The molecule has 2 fully saturated rings. The second-order valence-electron chi connectivity index (χ2n) is 6.42. The van der Waals surface area contributed by atoms with Gasteiger partial charge in [0.2, 0.25) is 11.8 Å². The molecule has 22 heavy (non-hydrogen) atoms. The maximum absolute atomic E-state index is 12.3. The van der Waals surface area contributed by atoms with Crippen LogP contribution in [0.5, 0.6) is 0 Å². The Balaban J connectivity index is 1.52. The van der Waals surface area contributed by atoms with Crippen molar-refractivity contribution in [3.63, 3.8) is 0 Å². The van der Waals surface area contributed by atoms with Gasteiger partial charge in [-0.2, -0.15) is 0 Å². The van der Waals surface area contributed by atoms with Gasteiger partial charge in [0.25, 0.3) is 0 Å². The van der Waals surface area contributed by atoms with Crippen LogP contribution < -0.4 is 5.32 Å². The maximum atomic E-state index is 12.3. The summed E-state index contributed by atoms with van der Waals surface area (Å²) in [7, 11) is 0. The van der Waals surface area contributed by atoms with E-state index in [1.165, 1.54) is 0 Å². The average molecular weight is 321 g/mol. The smallest absolute Gasteiger partial charge is 0.225 e. The van der Waals surface area contributed by atoms with Crippen LogP contribution in [0.25, 0.3) is 0 Å². The van der Waals surface area contributed by atoms with Crippen molar-refractivity contribution in [2.24, 2.45) is 5.92 Å². The first-order valence-electron chi connectivity index (χ1n) is 7.87. The lowest BCUT2D eigenvalue weighted by Crippen LogP contribution is -2.39. The lowest BCUT2D eigenvalue weighted by molar-refractivity contribution is -0.129. The standard InChI is InChI=1S/C17H21ClN2O2/c1-11(7-12-3-2-4-14(18)8-12)19-17(22)13-9-16(21)20(10-13)15-5-6-15/h2-4,8,11,13,15H,5-7,9-10H2,1H3,(H,19,22)/t11-,13+/m1/s1. The lowest BCUT2D eigenvalue weighted by Gasteiger charge is -2.18. The number of hydrogen-bond acceptors (Lipinski definition) is 2. The van der Waals surface area contributed by atoms with E-state index in [1.54, 1.807) is 0 Å². The van der Waals surface area contributed by atoms with Crippen molar-refractivity contribution in [3.8, 4) is 0 Å². The summed E-state index contributed by atoms with van der Waals surface area (Å²) in [5, 5.41) is 3.74. The number of nitrogens with zero attached hydrogens (tertiary/aromatic N) is 1. The van der Waals surface area contributed by atoms with Gasteiger partial charge in [-0.1, -0.05) is 23.7 Å². The molecule has 3 rings (SSSR count). The number of amides is 2. The Labute approximate surface area is 135 Å². The Morgan fingerprint density at radius 2 is 2.23 bits per heavy atom. The van der Waals surface area contributed by atoms with Gasteiger partial charge in [-0.25, -0.2) is 0 Å². The largest absolute Gasteiger partial charge is 0.353 e. The van der Waals surface area contributed by atoms with Crippen LogP contribution in [-0.2, 0) is 16.0 Å². The Kier molecular flexibility index (Phi) is 4.39. The van der Waals surface area contributed by atoms with Crippen molar-refractivity contribution in [1.29, 1.82) is 0 Å². The third-order valence-corrected chi connectivity index (χ3v) is 4.57. The van der Waals surface area contributed by atoms with Crippen LogP contribution in [0, 0.1) is 5.92 Å². The van der Waals surface area contributed by atoms with Crippen molar-refractivity contribution < 1.29 is 9.59 Å². The van der Waals surface area contributed by atoms with Crippen LogP contribution in [0.3, 0.4) is 0 Å². The zero-order valence-corrected chi connectivity index (χ0v) is 13.5. The topological polar surface area (TPSA) is 49.4 Å². The molecule has 118 valence electrons. The molecule has 0 unspecified atom stereocenters. The number of nitrogens with one attached hydrogen (secondary N) is 1. The van der Waals surface area contributed by atoms with E-state index in [9.17, 15) is 9.59 Å². The van der Waals surface area contributed by atoms with E-state index < -0.39 is 0 Å². The van der Waals surface area contributed by atoms with E-state index in [1.807, 2.05) is 36.1 Å². The summed E-state index contributed by atoms with van der Waals surface area (Å²) in [6.45, 7) is 2.56. The lowest BCUT2D eigenvalue weighted by atomic mass is 10.0. The summed E-state index contributed by atoms with van der Waals surface area (Å²) < 4.78 is 0. The van der Waals surface area contributed by atoms with Crippen LogP contribution in [0.1, 0.15) is 31.7 Å². The average Bonchev–Trinajstić information content (AvgIpc) is 3.21. The highest BCUT2D eigenvalue weighted by Crippen LogP contribution is 2.32. The second kappa shape index (κ2) is 6.29. The van der Waals surface area contributed by atoms with Crippen LogP contribution in [0.15, 0.2) is 24.3 Å². The van der Waals surface area contributed by atoms with Crippen molar-refractivity contribution in [2.75, 3.05) is 6.54 Å². The monoisotopic (exact) mass is 320 g/mol. The molecule has 4 nitrogen and oxygen atoms in total. The van der Waals surface area contributed by atoms with Gasteiger partial charge < -0.3 is 10.2 Å². The number of halogens is 1. The minimum absolute atomic E-state index is 0.00831. The Morgan fingerprint density at radius 1 is 1.45 bits per heavy atom. The van der Waals surface area contributed by atoms with Crippen LogP contribution in [0.4, 0.5) is 0 Å². The number of rotatable bonds is 5. The zero-order valence-electron chi connectivity index (χ0n) is 12.7. The Hall–Kier alpha value is -1.55. The SMILES string of the molecule is C[C@H](Cc1cccc(Cl)c1)NC(=O)[C@H]1CC(=O)N(C2CC2)C1.